The quantitative estimate of drug-likeness (QED) is 0.567. The third-order valence-electron chi connectivity index (χ3n) is 1.62. The molecule has 1 aliphatic heterocycles. The fourth-order valence-electron chi connectivity index (χ4n) is 1.10. The van der Waals surface area contributed by atoms with Crippen molar-refractivity contribution in [1.29, 1.82) is 0 Å². The van der Waals surface area contributed by atoms with Crippen molar-refractivity contribution in [2.75, 3.05) is 19.3 Å². The summed E-state index contributed by atoms with van der Waals surface area (Å²) >= 11 is 0. The maximum absolute atomic E-state index is 11.0. The average molecular weight is 176 g/mol. The molecule has 0 bridgehead atoms. The Bertz CT molecular complexity index is 268. The molecule has 11 heavy (non-hydrogen) atoms. The number of aliphatic imine (C=N–C) groups is 1. The van der Waals surface area contributed by atoms with Gasteiger partial charge in [-0.2, -0.15) is 0 Å². The number of sulfonamides is 1. The van der Waals surface area contributed by atoms with Gasteiger partial charge in [-0.1, -0.05) is 0 Å². The highest BCUT2D eigenvalue weighted by atomic mass is 32.2. The average Bonchev–Trinajstić information content (AvgIpc) is 1.86. The van der Waals surface area contributed by atoms with Crippen LogP contribution in [-0.2, 0) is 10.0 Å². The van der Waals surface area contributed by atoms with E-state index in [2.05, 4.69) is 4.99 Å². The van der Waals surface area contributed by atoms with E-state index in [1.54, 1.807) is 6.92 Å². The summed E-state index contributed by atoms with van der Waals surface area (Å²) in [6.07, 6.45) is 2.03. The van der Waals surface area contributed by atoms with Crippen LogP contribution in [0, 0.1) is 0 Å². The summed E-state index contributed by atoms with van der Waals surface area (Å²) in [5, 5.41) is 0. The molecule has 0 N–H and O–H groups in total. The Morgan fingerprint density at radius 2 is 2.18 bits per heavy atom. The fourth-order valence-corrected chi connectivity index (χ4v) is 2.10. The standard InChI is InChI=1S/C6H12N2O2S/c1-6-7-4-3-5-8(6)11(2,9)10/h3-5H2,1-2H3. The van der Waals surface area contributed by atoms with Crippen LogP contribution in [0.2, 0.25) is 0 Å². The Labute approximate surface area is 67.0 Å². The SMILES string of the molecule is CC1=NCCCN1S(C)(=O)=O. The van der Waals surface area contributed by atoms with Crippen LogP contribution in [0.25, 0.3) is 0 Å². The van der Waals surface area contributed by atoms with Gasteiger partial charge in [-0.15, -0.1) is 0 Å². The van der Waals surface area contributed by atoms with E-state index in [4.69, 9.17) is 0 Å². The summed E-state index contributed by atoms with van der Waals surface area (Å²) in [5.41, 5.74) is 0. The molecule has 0 amide bonds. The highest BCUT2D eigenvalue weighted by Gasteiger charge is 2.19. The molecule has 0 spiro atoms. The first-order valence-corrected chi connectivity index (χ1v) is 5.35. The summed E-state index contributed by atoms with van der Waals surface area (Å²) in [7, 11) is -3.07. The summed E-state index contributed by atoms with van der Waals surface area (Å²) in [6, 6.07) is 0. The Kier molecular flexibility index (Phi) is 2.17. The third-order valence-corrected chi connectivity index (χ3v) is 2.87. The first-order chi connectivity index (χ1) is 5.02. The Hall–Kier alpha value is -0.580. The second kappa shape index (κ2) is 2.81. The van der Waals surface area contributed by atoms with Crippen LogP contribution < -0.4 is 0 Å². The van der Waals surface area contributed by atoms with Crippen molar-refractivity contribution >= 4 is 15.9 Å². The second-order valence-corrected chi connectivity index (χ2v) is 4.52. The lowest BCUT2D eigenvalue weighted by atomic mass is 10.4. The molecular weight excluding hydrogens is 164 g/mol. The highest BCUT2D eigenvalue weighted by molar-refractivity contribution is 7.88. The zero-order valence-electron chi connectivity index (χ0n) is 6.74. The minimum Gasteiger partial charge on any atom is -0.272 e. The number of hydrogen-bond donors (Lipinski definition) is 0. The summed E-state index contributed by atoms with van der Waals surface area (Å²) in [5.74, 6) is 0.610. The van der Waals surface area contributed by atoms with Gasteiger partial charge < -0.3 is 0 Å². The fraction of sp³-hybridized carbons (Fsp3) is 0.833. The molecule has 0 unspecified atom stereocenters. The third kappa shape index (κ3) is 1.92. The van der Waals surface area contributed by atoms with Gasteiger partial charge in [0.15, 0.2) is 0 Å². The van der Waals surface area contributed by atoms with Crippen molar-refractivity contribution < 1.29 is 8.42 Å². The van der Waals surface area contributed by atoms with Gasteiger partial charge in [0.2, 0.25) is 10.0 Å². The van der Waals surface area contributed by atoms with E-state index >= 15 is 0 Å². The zero-order valence-corrected chi connectivity index (χ0v) is 7.56. The maximum atomic E-state index is 11.0. The molecule has 0 aromatic rings. The van der Waals surface area contributed by atoms with Gasteiger partial charge >= 0.3 is 0 Å². The van der Waals surface area contributed by atoms with E-state index in [1.165, 1.54) is 10.6 Å². The molecule has 64 valence electrons. The van der Waals surface area contributed by atoms with E-state index < -0.39 is 10.0 Å². The van der Waals surface area contributed by atoms with Gasteiger partial charge in [0.1, 0.15) is 5.84 Å². The number of nitrogens with zero attached hydrogens (tertiary/aromatic N) is 2. The van der Waals surface area contributed by atoms with Gasteiger partial charge in [0.05, 0.1) is 6.26 Å². The normalized spacial score (nSPS) is 19.8. The molecule has 0 saturated heterocycles. The van der Waals surface area contributed by atoms with Crippen molar-refractivity contribution in [2.45, 2.75) is 13.3 Å². The van der Waals surface area contributed by atoms with Crippen LogP contribution in [-0.4, -0.2) is 37.9 Å². The molecule has 0 aliphatic carbocycles. The van der Waals surface area contributed by atoms with Gasteiger partial charge in [0, 0.05) is 13.1 Å². The predicted molar refractivity (Wildman–Crippen MR) is 44.1 cm³/mol. The first kappa shape index (κ1) is 8.52. The van der Waals surface area contributed by atoms with Crippen LogP contribution in [0.15, 0.2) is 4.99 Å². The van der Waals surface area contributed by atoms with Crippen molar-refractivity contribution in [3.63, 3.8) is 0 Å². The topological polar surface area (TPSA) is 49.7 Å². The van der Waals surface area contributed by atoms with Crippen molar-refractivity contribution in [2.24, 2.45) is 4.99 Å². The van der Waals surface area contributed by atoms with Crippen LogP contribution in [0.1, 0.15) is 13.3 Å². The molecule has 0 radical (unpaired) electrons. The van der Waals surface area contributed by atoms with Gasteiger partial charge in [-0.05, 0) is 13.3 Å². The van der Waals surface area contributed by atoms with Crippen molar-refractivity contribution in [1.82, 2.24) is 4.31 Å². The summed E-state index contributed by atoms with van der Waals surface area (Å²) in [6.45, 7) is 3.05. The molecule has 1 aliphatic rings. The Balaban J connectivity index is 2.89. The van der Waals surface area contributed by atoms with E-state index in [1.807, 2.05) is 0 Å². The molecule has 0 saturated carbocycles. The highest BCUT2D eigenvalue weighted by Crippen LogP contribution is 2.06. The minimum absolute atomic E-state index is 0.578. The molecule has 4 nitrogen and oxygen atoms in total. The zero-order chi connectivity index (χ0) is 8.48. The largest absolute Gasteiger partial charge is 0.272 e. The summed E-state index contributed by atoms with van der Waals surface area (Å²) < 4.78 is 23.4. The lowest BCUT2D eigenvalue weighted by Gasteiger charge is -2.24. The number of hydrogen-bond acceptors (Lipinski definition) is 3. The molecule has 0 aromatic carbocycles. The van der Waals surface area contributed by atoms with E-state index in [0.717, 1.165) is 13.0 Å². The first-order valence-electron chi connectivity index (χ1n) is 3.50. The molecule has 1 heterocycles. The summed E-state index contributed by atoms with van der Waals surface area (Å²) in [4.78, 5) is 4.04. The Morgan fingerprint density at radius 3 is 2.55 bits per heavy atom. The Morgan fingerprint density at radius 1 is 1.55 bits per heavy atom. The maximum Gasteiger partial charge on any atom is 0.233 e. The van der Waals surface area contributed by atoms with E-state index in [0.29, 0.717) is 12.4 Å². The van der Waals surface area contributed by atoms with Crippen LogP contribution in [0.5, 0.6) is 0 Å². The van der Waals surface area contributed by atoms with Gasteiger partial charge in [-0.3, -0.25) is 9.30 Å². The molecule has 1 rings (SSSR count). The minimum atomic E-state index is -3.07. The van der Waals surface area contributed by atoms with E-state index in [9.17, 15) is 8.42 Å². The predicted octanol–water partition coefficient (Wildman–Crippen LogP) is 0.0701. The molecule has 5 heteroatoms. The second-order valence-electron chi connectivity index (χ2n) is 2.62. The van der Waals surface area contributed by atoms with Gasteiger partial charge in [0.25, 0.3) is 0 Å². The molecule has 0 atom stereocenters. The van der Waals surface area contributed by atoms with Crippen LogP contribution >= 0.6 is 0 Å². The molecular formula is C6H12N2O2S. The van der Waals surface area contributed by atoms with Crippen LogP contribution in [0.3, 0.4) is 0 Å². The monoisotopic (exact) mass is 176 g/mol. The van der Waals surface area contributed by atoms with Crippen molar-refractivity contribution in [3.05, 3.63) is 0 Å². The van der Waals surface area contributed by atoms with Crippen LogP contribution in [0.4, 0.5) is 0 Å². The molecule has 0 fully saturated rings. The number of rotatable bonds is 1. The lowest BCUT2D eigenvalue weighted by Crippen LogP contribution is -2.38. The molecule has 0 aromatic heterocycles. The lowest BCUT2D eigenvalue weighted by molar-refractivity contribution is 0.504. The van der Waals surface area contributed by atoms with E-state index in [-0.39, 0.29) is 0 Å². The smallest absolute Gasteiger partial charge is 0.233 e. The number of amidine groups is 1. The van der Waals surface area contributed by atoms with Crippen molar-refractivity contribution in [3.8, 4) is 0 Å². The van der Waals surface area contributed by atoms with Gasteiger partial charge in [-0.25, -0.2) is 8.42 Å².